The Morgan fingerprint density at radius 2 is 1.63 bits per heavy atom. The Morgan fingerprint density at radius 1 is 1.21 bits per heavy atom. The predicted molar refractivity (Wildman–Crippen MR) is 59.3 cm³/mol. The van der Waals surface area contributed by atoms with E-state index in [0.717, 1.165) is 0 Å². The number of carbonyl (C=O) groups excluding carboxylic acids is 1. The minimum absolute atomic E-state index is 0.177. The van der Waals surface area contributed by atoms with Gasteiger partial charge in [0.05, 0.1) is 11.5 Å². The van der Waals surface area contributed by atoms with Crippen molar-refractivity contribution < 1.29 is 31.1 Å². The van der Waals surface area contributed by atoms with Gasteiger partial charge in [-0.25, -0.2) is 0 Å². The van der Waals surface area contributed by atoms with Gasteiger partial charge in [0.15, 0.2) is 0 Å². The molecule has 0 aromatic carbocycles. The maximum Gasteiger partial charge on any atom is 0.409 e. The number of alkyl halides is 6. The summed E-state index contributed by atoms with van der Waals surface area (Å²) >= 11 is 4.40. The third-order valence-electron chi connectivity index (χ3n) is 2.05. The minimum atomic E-state index is -5.71. The molecule has 0 aliphatic heterocycles. The van der Waals surface area contributed by atoms with Gasteiger partial charge < -0.3 is 10.6 Å². The molecule has 3 nitrogen and oxygen atoms in total. The zero-order valence-corrected chi connectivity index (χ0v) is 10.6. The first kappa shape index (κ1) is 17.9. The number of nitrogens with zero attached hydrogens (tertiary/aromatic N) is 1. The standard InChI is InChI=1S/C9H12F6N2OS/c1-2-3-17(4-5(16)19)7(18)6(8(10,11)12)9(13,14)15/h6H,2-4H2,1H3,(H2,16,19). The Bertz CT molecular complexity index is 327. The number of rotatable bonds is 5. The van der Waals surface area contributed by atoms with Crippen LogP contribution in [0.5, 0.6) is 0 Å². The highest BCUT2D eigenvalue weighted by Gasteiger charge is 2.62. The second-order valence-electron chi connectivity index (χ2n) is 3.74. The molecule has 0 saturated carbocycles. The largest absolute Gasteiger partial charge is 0.409 e. The summed E-state index contributed by atoms with van der Waals surface area (Å²) < 4.78 is 74.2. The lowest BCUT2D eigenvalue weighted by Gasteiger charge is -2.29. The van der Waals surface area contributed by atoms with Crippen molar-refractivity contribution in [3.8, 4) is 0 Å². The third-order valence-corrected chi connectivity index (χ3v) is 2.18. The summed E-state index contributed by atoms with van der Waals surface area (Å²) in [5, 5.41) is 0. The molecular weight excluding hydrogens is 298 g/mol. The smallest absolute Gasteiger partial charge is 0.392 e. The Hall–Kier alpha value is -1.06. The van der Waals surface area contributed by atoms with Crippen LogP contribution < -0.4 is 5.73 Å². The van der Waals surface area contributed by atoms with Gasteiger partial charge in [-0.2, -0.15) is 26.3 Å². The van der Waals surface area contributed by atoms with Crippen molar-refractivity contribution in [1.29, 1.82) is 0 Å². The molecule has 0 aromatic rings. The van der Waals surface area contributed by atoms with E-state index >= 15 is 0 Å². The van der Waals surface area contributed by atoms with Gasteiger partial charge in [0.2, 0.25) is 11.8 Å². The molecule has 0 spiro atoms. The van der Waals surface area contributed by atoms with E-state index in [1.54, 1.807) is 0 Å². The Morgan fingerprint density at radius 3 is 1.89 bits per heavy atom. The van der Waals surface area contributed by atoms with Crippen LogP contribution in [0.3, 0.4) is 0 Å². The molecule has 0 saturated heterocycles. The van der Waals surface area contributed by atoms with Crippen molar-refractivity contribution in [2.24, 2.45) is 11.7 Å². The van der Waals surface area contributed by atoms with Crippen molar-refractivity contribution in [3.63, 3.8) is 0 Å². The maximum absolute atomic E-state index is 12.4. The molecule has 0 aromatic heterocycles. The molecule has 0 fully saturated rings. The summed E-state index contributed by atoms with van der Waals surface area (Å²) in [7, 11) is 0. The van der Waals surface area contributed by atoms with E-state index < -0.39 is 30.7 Å². The molecule has 0 unspecified atom stereocenters. The first-order valence-corrected chi connectivity index (χ1v) is 5.52. The van der Waals surface area contributed by atoms with Gasteiger partial charge in [-0.3, -0.25) is 4.79 Å². The fourth-order valence-corrected chi connectivity index (χ4v) is 1.53. The summed E-state index contributed by atoms with van der Waals surface area (Å²) in [5.74, 6) is -6.14. The molecule has 0 bridgehead atoms. The van der Waals surface area contributed by atoms with Crippen LogP contribution in [0.25, 0.3) is 0 Å². The molecular formula is C9H12F6N2OS. The zero-order valence-electron chi connectivity index (χ0n) is 9.81. The molecule has 0 atom stereocenters. The van der Waals surface area contributed by atoms with Gasteiger partial charge >= 0.3 is 12.4 Å². The van der Waals surface area contributed by atoms with E-state index in [0.29, 0.717) is 4.90 Å². The topological polar surface area (TPSA) is 46.3 Å². The van der Waals surface area contributed by atoms with E-state index in [2.05, 4.69) is 12.2 Å². The summed E-state index contributed by atoms with van der Waals surface area (Å²) in [6, 6.07) is 0. The number of thiocarbonyl (C=S) groups is 1. The van der Waals surface area contributed by atoms with Crippen molar-refractivity contribution in [2.75, 3.05) is 13.1 Å². The van der Waals surface area contributed by atoms with Gasteiger partial charge in [0, 0.05) is 6.54 Å². The zero-order chi connectivity index (χ0) is 15.4. The fourth-order valence-electron chi connectivity index (χ4n) is 1.37. The van der Waals surface area contributed by atoms with Crippen molar-refractivity contribution >= 4 is 23.1 Å². The summed E-state index contributed by atoms with van der Waals surface area (Å²) in [4.78, 5) is 11.4. The highest BCUT2D eigenvalue weighted by atomic mass is 32.1. The lowest BCUT2D eigenvalue weighted by atomic mass is 10.1. The number of carbonyl (C=O) groups is 1. The normalized spacial score (nSPS) is 12.6. The maximum atomic E-state index is 12.4. The monoisotopic (exact) mass is 310 g/mol. The number of hydrogen-bond acceptors (Lipinski definition) is 2. The molecule has 0 rings (SSSR count). The second kappa shape index (κ2) is 6.40. The summed E-state index contributed by atoms with van der Waals surface area (Å²) in [6.45, 7) is 0.583. The van der Waals surface area contributed by atoms with E-state index in [4.69, 9.17) is 5.73 Å². The molecule has 19 heavy (non-hydrogen) atoms. The van der Waals surface area contributed by atoms with Crippen LogP contribution in [-0.2, 0) is 4.79 Å². The molecule has 0 aliphatic carbocycles. The van der Waals surface area contributed by atoms with E-state index in [1.165, 1.54) is 6.92 Å². The lowest BCUT2D eigenvalue weighted by Crippen LogP contribution is -2.51. The quantitative estimate of drug-likeness (QED) is 0.626. The van der Waals surface area contributed by atoms with Crippen LogP contribution in [0, 0.1) is 5.92 Å². The van der Waals surface area contributed by atoms with Gasteiger partial charge in [0.25, 0.3) is 0 Å². The molecule has 2 N–H and O–H groups in total. The third kappa shape index (κ3) is 5.62. The van der Waals surface area contributed by atoms with Gasteiger partial charge in [0.1, 0.15) is 0 Å². The highest BCUT2D eigenvalue weighted by molar-refractivity contribution is 7.80. The van der Waals surface area contributed by atoms with Gasteiger partial charge in [-0.05, 0) is 6.42 Å². The summed E-state index contributed by atoms with van der Waals surface area (Å²) in [5.41, 5.74) is 5.05. The average molecular weight is 310 g/mol. The number of halogens is 6. The van der Waals surface area contributed by atoms with Crippen LogP contribution >= 0.6 is 12.2 Å². The average Bonchev–Trinajstić information content (AvgIpc) is 2.11. The molecule has 0 radical (unpaired) electrons. The minimum Gasteiger partial charge on any atom is -0.392 e. The lowest BCUT2D eigenvalue weighted by molar-refractivity contribution is -0.277. The first-order chi connectivity index (χ1) is 8.41. The Labute approximate surface area is 110 Å². The molecule has 0 heterocycles. The molecule has 1 amide bonds. The van der Waals surface area contributed by atoms with Crippen LogP contribution in [0.15, 0.2) is 0 Å². The molecule has 10 heteroatoms. The Kier molecular flexibility index (Phi) is 6.04. The van der Waals surface area contributed by atoms with Crippen LogP contribution in [0.1, 0.15) is 13.3 Å². The SMILES string of the molecule is CCCN(CC(N)=S)C(=O)C(C(F)(F)F)C(F)(F)F. The van der Waals surface area contributed by atoms with Gasteiger partial charge in [-0.15, -0.1) is 0 Å². The second-order valence-corrected chi connectivity index (χ2v) is 4.27. The van der Waals surface area contributed by atoms with Gasteiger partial charge in [-0.1, -0.05) is 19.1 Å². The number of hydrogen-bond donors (Lipinski definition) is 1. The van der Waals surface area contributed by atoms with Crippen molar-refractivity contribution in [2.45, 2.75) is 25.7 Å². The molecule has 112 valence electrons. The number of nitrogens with two attached hydrogens (primary N) is 1. The summed E-state index contributed by atoms with van der Waals surface area (Å²) in [6.07, 6.45) is -11.2. The van der Waals surface area contributed by atoms with Crippen molar-refractivity contribution in [1.82, 2.24) is 4.90 Å². The first-order valence-electron chi connectivity index (χ1n) is 5.11. The van der Waals surface area contributed by atoms with E-state index in [1.807, 2.05) is 0 Å². The van der Waals surface area contributed by atoms with Crippen LogP contribution in [0.4, 0.5) is 26.3 Å². The van der Waals surface area contributed by atoms with E-state index in [9.17, 15) is 31.1 Å². The Balaban J connectivity index is 5.31. The van der Waals surface area contributed by atoms with Crippen molar-refractivity contribution in [3.05, 3.63) is 0 Å². The van der Waals surface area contributed by atoms with Crippen LogP contribution in [-0.4, -0.2) is 41.2 Å². The predicted octanol–water partition coefficient (Wildman–Crippen LogP) is 2.25. The molecule has 0 aliphatic rings. The fraction of sp³-hybridized carbons (Fsp3) is 0.778. The van der Waals surface area contributed by atoms with Crippen LogP contribution in [0.2, 0.25) is 0 Å². The highest BCUT2D eigenvalue weighted by Crippen LogP contribution is 2.40. The number of amides is 1. The van der Waals surface area contributed by atoms with E-state index in [-0.39, 0.29) is 18.0 Å².